The Labute approximate surface area is 192 Å². The summed E-state index contributed by atoms with van der Waals surface area (Å²) in [6.07, 6.45) is 4.55. The van der Waals surface area contributed by atoms with Gasteiger partial charge in [0, 0.05) is 42.6 Å². The number of carbonyl (C=O) groups is 2. The molecule has 0 radical (unpaired) electrons. The Morgan fingerprint density at radius 1 is 1.23 bits per heavy atom. The van der Waals surface area contributed by atoms with Crippen molar-refractivity contribution < 1.29 is 14.3 Å². The lowest BCUT2D eigenvalue weighted by Gasteiger charge is -2.38. The largest absolute Gasteiger partial charge is 0.385 e. The highest BCUT2D eigenvalue weighted by molar-refractivity contribution is 7.10. The lowest BCUT2D eigenvalue weighted by molar-refractivity contribution is -0.145. The maximum atomic E-state index is 13.5. The predicted octanol–water partition coefficient (Wildman–Crippen LogP) is 4.54. The van der Waals surface area contributed by atoms with Crippen LogP contribution in [0.5, 0.6) is 0 Å². The van der Waals surface area contributed by atoms with Crippen LogP contribution in [0.2, 0.25) is 5.02 Å². The Morgan fingerprint density at radius 3 is 2.68 bits per heavy atom. The fourth-order valence-corrected chi connectivity index (χ4v) is 5.45. The van der Waals surface area contributed by atoms with E-state index in [0.29, 0.717) is 24.7 Å². The number of thiophene rings is 1. The number of carbonyl (C=O) groups excluding carboxylic acids is 2. The number of halogens is 1. The summed E-state index contributed by atoms with van der Waals surface area (Å²) in [6.45, 7) is 1.92. The second kappa shape index (κ2) is 10.2. The third-order valence-electron chi connectivity index (χ3n) is 6.34. The number of methoxy groups -OCH3 is 1. The average molecular weight is 461 g/mol. The lowest BCUT2D eigenvalue weighted by Crippen LogP contribution is -2.49. The normalized spacial score (nSPS) is 18.4. The fourth-order valence-electron chi connectivity index (χ4n) is 4.42. The summed E-state index contributed by atoms with van der Waals surface area (Å²) in [5, 5.41) is 2.78. The average Bonchev–Trinajstić information content (AvgIpc) is 3.20. The van der Waals surface area contributed by atoms with Crippen LogP contribution in [0, 0.1) is 5.92 Å². The van der Waals surface area contributed by atoms with Gasteiger partial charge in [-0.05, 0) is 60.4 Å². The Hall–Kier alpha value is -1.89. The second-order valence-corrected chi connectivity index (χ2v) is 9.76. The minimum absolute atomic E-state index is 0.00175. The van der Waals surface area contributed by atoms with Gasteiger partial charge in [0.1, 0.15) is 0 Å². The molecule has 1 unspecified atom stereocenters. The molecule has 1 aliphatic heterocycles. The topological polar surface area (TPSA) is 49.9 Å². The van der Waals surface area contributed by atoms with Gasteiger partial charge in [-0.2, -0.15) is 0 Å². The molecule has 2 heterocycles. The summed E-state index contributed by atoms with van der Waals surface area (Å²) >= 11 is 7.85. The Morgan fingerprint density at radius 2 is 2.00 bits per heavy atom. The Kier molecular flexibility index (Phi) is 7.31. The minimum atomic E-state index is -0.139. The van der Waals surface area contributed by atoms with Crippen LogP contribution >= 0.6 is 22.9 Å². The Balaban J connectivity index is 1.55. The summed E-state index contributed by atoms with van der Waals surface area (Å²) in [5.74, 6) is 0.195. The summed E-state index contributed by atoms with van der Waals surface area (Å²) in [7, 11) is 1.66. The molecular weight excluding hydrogens is 432 g/mol. The molecule has 31 heavy (non-hydrogen) atoms. The number of benzene rings is 1. The van der Waals surface area contributed by atoms with Gasteiger partial charge < -0.3 is 14.5 Å². The Bertz CT molecular complexity index is 910. The zero-order valence-electron chi connectivity index (χ0n) is 17.9. The van der Waals surface area contributed by atoms with Crippen LogP contribution in [0.25, 0.3) is 0 Å². The number of fused-ring (bicyclic) bond motifs is 1. The fraction of sp³-hybridized carbons (Fsp3) is 0.500. The molecule has 166 valence electrons. The number of hydrogen-bond donors (Lipinski definition) is 0. The van der Waals surface area contributed by atoms with Crippen molar-refractivity contribution in [3.63, 3.8) is 0 Å². The van der Waals surface area contributed by atoms with E-state index in [4.69, 9.17) is 16.3 Å². The van der Waals surface area contributed by atoms with Crippen LogP contribution in [0.4, 0.5) is 0 Å². The van der Waals surface area contributed by atoms with Gasteiger partial charge >= 0.3 is 0 Å². The first-order valence-corrected chi connectivity index (χ1v) is 12.2. The molecule has 2 aliphatic rings. The molecule has 1 atom stereocenters. The molecule has 0 N–H and O–H groups in total. The number of hydrogen-bond acceptors (Lipinski definition) is 4. The van der Waals surface area contributed by atoms with Crippen LogP contribution in [-0.4, -0.2) is 55.0 Å². The lowest BCUT2D eigenvalue weighted by atomic mass is 9.84. The van der Waals surface area contributed by atoms with Crippen molar-refractivity contribution in [2.75, 3.05) is 33.4 Å². The molecule has 0 spiro atoms. The van der Waals surface area contributed by atoms with E-state index >= 15 is 0 Å². The molecule has 1 fully saturated rings. The molecular formula is C24H29ClN2O3S. The van der Waals surface area contributed by atoms with E-state index in [1.165, 1.54) is 10.4 Å². The number of rotatable bonds is 8. The van der Waals surface area contributed by atoms with E-state index in [9.17, 15) is 9.59 Å². The smallest absolute Gasteiger partial charge is 0.242 e. The van der Waals surface area contributed by atoms with Gasteiger partial charge in [-0.3, -0.25) is 9.59 Å². The summed E-state index contributed by atoms with van der Waals surface area (Å²) in [4.78, 5) is 31.5. The molecule has 1 saturated carbocycles. The van der Waals surface area contributed by atoms with E-state index in [2.05, 4.69) is 11.4 Å². The van der Waals surface area contributed by atoms with Crippen molar-refractivity contribution in [2.45, 2.75) is 38.1 Å². The maximum absolute atomic E-state index is 13.5. The highest BCUT2D eigenvalue weighted by Crippen LogP contribution is 2.38. The maximum Gasteiger partial charge on any atom is 0.242 e. The minimum Gasteiger partial charge on any atom is -0.385 e. The molecule has 5 nitrogen and oxygen atoms in total. The van der Waals surface area contributed by atoms with Crippen LogP contribution < -0.4 is 0 Å². The summed E-state index contributed by atoms with van der Waals surface area (Å²) in [6, 6.07) is 9.72. The highest BCUT2D eigenvalue weighted by Gasteiger charge is 2.35. The van der Waals surface area contributed by atoms with Gasteiger partial charge in [0.2, 0.25) is 11.8 Å². The zero-order chi connectivity index (χ0) is 21.8. The monoisotopic (exact) mass is 460 g/mol. The van der Waals surface area contributed by atoms with E-state index in [0.717, 1.165) is 37.7 Å². The van der Waals surface area contributed by atoms with Crippen LogP contribution in [0.15, 0.2) is 35.7 Å². The first-order valence-electron chi connectivity index (χ1n) is 11.0. The molecule has 0 bridgehead atoms. The SMILES string of the molecule is COCCCN(CC(=O)N1CCc2sccc2C1c1ccc(Cl)cc1)C(=O)C1CCC1. The van der Waals surface area contributed by atoms with E-state index in [1.807, 2.05) is 29.2 Å². The molecule has 2 amide bonds. The first kappa shape index (κ1) is 22.3. The van der Waals surface area contributed by atoms with Crippen molar-refractivity contribution in [1.29, 1.82) is 0 Å². The predicted molar refractivity (Wildman–Crippen MR) is 123 cm³/mol. The van der Waals surface area contributed by atoms with Gasteiger partial charge in [-0.1, -0.05) is 30.2 Å². The van der Waals surface area contributed by atoms with E-state index in [-0.39, 0.29) is 30.3 Å². The summed E-state index contributed by atoms with van der Waals surface area (Å²) < 4.78 is 5.17. The van der Waals surface area contributed by atoms with Crippen LogP contribution in [-0.2, 0) is 20.7 Å². The van der Waals surface area contributed by atoms with Gasteiger partial charge in [0.05, 0.1) is 12.6 Å². The molecule has 1 aliphatic carbocycles. The van der Waals surface area contributed by atoms with Crippen molar-refractivity contribution in [1.82, 2.24) is 9.80 Å². The third kappa shape index (κ3) is 4.97. The van der Waals surface area contributed by atoms with Gasteiger partial charge in [-0.25, -0.2) is 0 Å². The van der Waals surface area contributed by atoms with E-state index < -0.39 is 0 Å². The van der Waals surface area contributed by atoms with Gasteiger partial charge in [0.15, 0.2) is 0 Å². The van der Waals surface area contributed by atoms with Crippen molar-refractivity contribution in [3.8, 4) is 0 Å². The molecule has 7 heteroatoms. The molecule has 0 saturated heterocycles. The van der Waals surface area contributed by atoms with Crippen molar-refractivity contribution in [3.05, 3.63) is 56.7 Å². The van der Waals surface area contributed by atoms with Crippen LogP contribution in [0.1, 0.15) is 47.7 Å². The standard InChI is InChI=1S/C24H29ClN2O3S/c1-30-14-3-12-26(24(29)18-4-2-5-18)16-22(28)27-13-10-21-20(11-15-31-21)23(27)17-6-8-19(25)9-7-17/h6-9,11,15,18,23H,2-5,10,12-14,16H2,1H3. The van der Waals surface area contributed by atoms with E-state index in [1.54, 1.807) is 23.3 Å². The number of ether oxygens (including phenoxy) is 1. The number of nitrogens with zero attached hydrogens (tertiary/aromatic N) is 2. The van der Waals surface area contributed by atoms with Gasteiger partial charge in [0.25, 0.3) is 0 Å². The summed E-state index contributed by atoms with van der Waals surface area (Å²) in [5.41, 5.74) is 2.23. The zero-order valence-corrected chi connectivity index (χ0v) is 19.5. The molecule has 1 aromatic heterocycles. The van der Waals surface area contributed by atoms with Crippen molar-refractivity contribution in [2.24, 2.45) is 5.92 Å². The molecule has 1 aromatic carbocycles. The second-order valence-electron chi connectivity index (χ2n) is 8.32. The molecule has 2 aromatic rings. The number of amides is 2. The molecule has 4 rings (SSSR count). The van der Waals surface area contributed by atoms with Gasteiger partial charge in [-0.15, -0.1) is 11.3 Å². The van der Waals surface area contributed by atoms with Crippen molar-refractivity contribution >= 4 is 34.8 Å². The quantitative estimate of drug-likeness (QED) is 0.543. The van der Waals surface area contributed by atoms with Crippen LogP contribution in [0.3, 0.4) is 0 Å². The highest BCUT2D eigenvalue weighted by atomic mass is 35.5. The first-order chi connectivity index (χ1) is 15.1. The third-order valence-corrected chi connectivity index (χ3v) is 7.59.